The van der Waals surface area contributed by atoms with Crippen LogP contribution in [0.3, 0.4) is 0 Å². The van der Waals surface area contributed by atoms with Crippen LogP contribution in [-0.4, -0.2) is 0 Å². The van der Waals surface area contributed by atoms with Crippen LogP contribution in [0.15, 0.2) is 79.4 Å². The molecule has 2 aromatic carbocycles. The molecule has 0 bridgehead atoms. The Morgan fingerprint density at radius 1 is 0.815 bits per heavy atom. The number of unbranched alkanes of at least 4 members (excludes halogenated alkanes) is 2. The summed E-state index contributed by atoms with van der Waals surface area (Å²) in [4.78, 5) is 0. The van der Waals surface area contributed by atoms with E-state index < -0.39 is 0 Å². The van der Waals surface area contributed by atoms with Gasteiger partial charge in [-0.3, -0.25) is 0 Å². The monoisotopic (exact) mass is 370 g/mol. The molecule has 0 spiro atoms. The van der Waals surface area contributed by atoms with Crippen LogP contribution in [0.5, 0.6) is 0 Å². The van der Waals surface area contributed by atoms with E-state index in [2.05, 4.69) is 108 Å². The van der Waals surface area contributed by atoms with Crippen LogP contribution in [0, 0.1) is 0 Å². The van der Waals surface area contributed by atoms with Crippen molar-refractivity contribution in [1.82, 2.24) is 0 Å². The molecule has 0 heteroatoms. The lowest BCUT2D eigenvalue weighted by Gasteiger charge is -1.98. The van der Waals surface area contributed by atoms with Gasteiger partial charge in [-0.2, -0.15) is 0 Å². The molecule has 0 heterocycles. The lowest BCUT2D eigenvalue weighted by atomic mass is 10.1. The lowest BCUT2D eigenvalue weighted by molar-refractivity contribution is 0.717. The molecule has 0 unspecified atom stereocenters. The number of allylic oxidation sites excluding steroid dienone is 1. The molecule has 0 saturated carbocycles. The standard InChI is InChI=1S/C11H14.C11H16.C3H8.C2H4.2H2/c1-3-10(2)9-11-7-5-4-6-8-11;1-2-3-5-8-11-9-6-4-7-10-11;1-3-2;1-2;;/h4-9H,3H2,1-2H3;4,6-7,9-10H,2-3,5,8H2,1H3;3H2,1-2H3;1-2H2;2*1H/b10-9+;;;;;. The van der Waals surface area contributed by atoms with Crippen molar-refractivity contribution in [3.05, 3.63) is 90.5 Å². The Labute approximate surface area is 173 Å². The molecule has 0 fully saturated rings. The van der Waals surface area contributed by atoms with Gasteiger partial charge in [-0.05, 0) is 37.3 Å². The molecule has 0 aliphatic heterocycles. The van der Waals surface area contributed by atoms with Gasteiger partial charge in [-0.1, -0.05) is 119 Å². The maximum absolute atomic E-state index is 3.00. The minimum atomic E-state index is 0. The zero-order chi connectivity index (χ0) is 20.8. The summed E-state index contributed by atoms with van der Waals surface area (Å²) in [6, 6.07) is 21.1. The third-order valence-electron chi connectivity index (χ3n) is 3.68. The molecule has 0 N–H and O–H groups in total. The number of aryl methyl sites for hydroxylation is 1. The highest BCUT2D eigenvalue weighted by Crippen LogP contribution is 2.07. The van der Waals surface area contributed by atoms with Crippen LogP contribution in [0.4, 0.5) is 0 Å². The van der Waals surface area contributed by atoms with Gasteiger partial charge in [0, 0.05) is 2.85 Å². The van der Waals surface area contributed by atoms with Crippen molar-refractivity contribution < 1.29 is 2.85 Å². The summed E-state index contributed by atoms with van der Waals surface area (Å²) < 4.78 is 0. The molecule has 0 amide bonds. The third kappa shape index (κ3) is 18.5. The molecule has 27 heavy (non-hydrogen) atoms. The Morgan fingerprint density at radius 3 is 1.74 bits per heavy atom. The highest BCUT2D eigenvalue weighted by atomic mass is 13.9. The van der Waals surface area contributed by atoms with Crippen molar-refractivity contribution in [2.45, 2.75) is 73.1 Å². The highest BCUT2D eigenvalue weighted by molar-refractivity contribution is 5.51. The van der Waals surface area contributed by atoms with E-state index in [1.165, 1.54) is 48.8 Å². The summed E-state index contributed by atoms with van der Waals surface area (Å²) in [5.74, 6) is 0. The van der Waals surface area contributed by atoms with E-state index in [0.29, 0.717) is 0 Å². The Hall–Kier alpha value is -2.08. The minimum Gasteiger partial charge on any atom is -0.106 e. The Morgan fingerprint density at radius 2 is 1.30 bits per heavy atom. The zero-order valence-corrected chi connectivity index (χ0v) is 18.5. The second kappa shape index (κ2) is 22.0. The number of rotatable bonds is 6. The summed E-state index contributed by atoms with van der Waals surface area (Å²) in [5, 5.41) is 0. The Kier molecular flexibility index (Phi) is 22.1. The molecule has 0 atom stereocenters. The molecule has 2 rings (SSSR count). The van der Waals surface area contributed by atoms with Gasteiger partial charge in [-0.25, -0.2) is 0 Å². The fourth-order valence-corrected chi connectivity index (χ4v) is 2.16. The smallest absolute Gasteiger partial charge is 0 e. The van der Waals surface area contributed by atoms with E-state index in [1.54, 1.807) is 0 Å². The van der Waals surface area contributed by atoms with Crippen molar-refractivity contribution in [3.63, 3.8) is 0 Å². The topological polar surface area (TPSA) is 0 Å². The molecule has 0 aliphatic rings. The first kappa shape index (κ1) is 27.1. The van der Waals surface area contributed by atoms with Gasteiger partial charge >= 0.3 is 0 Å². The van der Waals surface area contributed by atoms with E-state index in [-0.39, 0.29) is 2.85 Å². The normalized spacial score (nSPS) is 9.59. The fraction of sp³-hybridized carbons (Fsp3) is 0.407. The number of hydrogen-bond acceptors (Lipinski definition) is 0. The first-order valence-electron chi connectivity index (χ1n) is 10.4. The van der Waals surface area contributed by atoms with Gasteiger partial charge in [0.15, 0.2) is 0 Å². The van der Waals surface area contributed by atoms with Crippen LogP contribution in [-0.2, 0) is 6.42 Å². The van der Waals surface area contributed by atoms with E-state index in [1.807, 2.05) is 6.07 Å². The lowest BCUT2D eigenvalue weighted by Crippen LogP contribution is -1.83. The molecule has 154 valence electrons. The second-order valence-corrected chi connectivity index (χ2v) is 6.40. The van der Waals surface area contributed by atoms with Gasteiger partial charge in [0.05, 0.1) is 0 Å². The van der Waals surface area contributed by atoms with Gasteiger partial charge in [0.2, 0.25) is 0 Å². The van der Waals surface area contributed by atoms with Crippen LogP contribution >= 0.6 is 0 Å². The first-order chi connectivity index (χ1) is 13.2. The average Bonchev–Trinajstić information content (AvgIpc) is 2.72. The Balaban J connectivity index is -0.000000167. The SMILES string of the molecule is C=C.CC/C(C)=C/c1ccccc1.CCC.CCCCCc1ccccc1.[HH].[HH]. The summed E-state index contributed by atoms with van der Waals surface area (Å²) in [5.41, 5.74) is 4.20. The van der Waals surface area contributed by atoms with E-state index in [9.17, 15) is 0 Å². The predicted octanol–water partition coefficient (Wildman–Crippen LogP) is 9.63. The molecule has 0 nitrogen and oxygen atoms in total. The highest BCUT2D eigenvalue weighted by Gasteiger charge is 1.89. The van der Waals surface area contributed by atoms with Crippen LogP contribution in [0.2, 0.25) is 0 Å². The van der Waals surface area contributed by atoms with E-state index in [4.69, 9.17) is 0 Å². The largest absolute Gasteiger partial charge is 0.106 e. The average molecular weight is 371 g/mol. The van der Waals surface area contributed by atoms with Crippen molar-refractivity contribution in [3.8, 4) is 0 Å². The van der Waals surface area contributed by atoms with Crippen molar-refractivity contribution in [1.29, 1.82) is 0 Å². The molecule has 2 aromatic rings. The molecular weight excluding hydrogens is 324 g/mol. The third-order valence-corrected chi connectivity index (χ3v) is 3.68. The van der Waals surface area contributed by atoms with Crippen molar-refractivity contribution in [2.24, 2.45) is 0 Å². The maximum atomic E-state index is 3.00. The van der Waals surface area contributed by atoms with Gasteiger partial charge in [0.25, 0.3) is 0 Å². The van der Waals surface area contributed by atoms with Crippen LogP contribution in [0.25, 0.3) is 6.08 Å². The van der Waals surface area contributed by atoms with E-state index >= 15 is 0 Å². The Bertz CT molecular complexity index is 547. The molecular formula is C27H46. The van der Waals surface area contributed by atoms with Crippen LogP contribution < -0.4 is 0 Å². The summed E-state index contributed by atoms with van der Waals surface area (Å²) in [6.45, 7) is 16.8. The summed E-state index contributed by atoms with van der Waals surface area (Å²) in [6.07, 6.45) is 9.85. The van der Waals surface area contributed by atoms with Crippen molar-refractivity contribution in [2.75, 3.05) is 0 Å². The molecule has 0 aromatic heterocycles. The zero-order valence-electron chi connectivity index (χ0n) is 18.5. The molecule has 0 saturated heterocycles. The van der Waals surface area contributed by atoms with E-state index in [0.717, 1.165) is 6.42 Å². The maximum Gasteiger partial charge on any atom is 0 e. The second-order valence-electron chi connectivity index (χ2n) is 6.40. The van der Waals surface area contributed by atoms with Gasteiger partial charge < -0.3 is 0 Å². The quantitative estimate of drug-likeness (QED) is 0.350. The fourth-order valence-electron chi connectivity index (χ4n) is 2.16. The van der Waals surface area contributed by atoms with Gasteiger partial charge in [-0.15, -0.1) is 13.2 Å². The number of benzene rings is 2. The molecule has 0 radical (unpaired) electrons. The van der Waals surface area contributed by atoms with Crippen molar-refractivity contribution >= 4 is 6.08 Å². The molecule has 0 aliphatic carbocycles. The minimum absolute atomic E-state index is 0. The number of hydrogen-bond donors (Lipinski definition) is 0. The van der Waals surface area contributed by atoms with Crippen LogP contribution in [0.1, 0.15) is 80.7 Å². The summed E-state index contributed by atoms with van der Waals surface area (Å²) in [7, 11) is 0. The summed E-state index contributed by atoms with van der Waals surface area (Å²) >= 11 is 0. The predicted molar refractivity (Wildman–Crippen MR) is 132 cm³/mol. The van der Waals surface area contributed by atoms with Gasteiger partial charge in [0.1, 0.15) is 0 Å². The first-order valence-corrected chi connectivity index (χ1v) is 10.4.